The first-order valence-corrected chi connectivity index (χ1v) is 12.7. The van der Waals surface area contributed by atoms with Gasteiger partial charge in [-0.2, -0.15) is 0 Å². The molecule has 2 aromatic rings. The summed E-state index contributed by atoms with van der Waals surface area (Å²) >= 11 is 0. The number of nitrogens with one attached hydrogen (secondary N) is 1. The van der Waals surface area contributed by atoms with Crippen molar-refractivity contribution in [1.29, 1.82) is 5.41 Å². The molecule has 1 fully saturated rings. The zero-order valence-corrected chi connectivity index (χ0v) is 23.0. The van der Waals surface area contributed by atoms with E-state index < -0.39 is 18.0 Å². The van der Waals surface area contributed by atoms with Crippen LogP contribution in [0.4, 0.5) is 0 Å². The van der Waals surface area contributed by atoms with Gasteiger partial charge in [0.05, 0.1) is 32.1 Å². The Morgan fingerprint density at radius 1 is 1.05 bits per heavy atom. The Bertz CT molecular complexity index is 1130. The maximum Gasteiger partial charge on any atom is 0.305 e. The van der Waals surface area contributed by atoms with Crippen LogP contribution in [0.5, 0.6) is 5.75 Å². The second-order valence-corrected chi connectivity index (χ2v) is 12.0. The van der Waals surface area contributed by atoms with Gasteiger partial charge in [0.25, 0.3) is 0 Å². The molecule has 1 aliphatic heterocycles. The standard InChI is InChI=1S/C30H40N2O5/c1-29(2,3)21-13-19(14-22(27(21)36)30(4,5)6)23(33)17-32-16-20(15-24(34)37-7)25(28(32)31)26(35)18-11-9-8-10-12-18/h8-14,20,25-26,31,35-36H,15-17H2,1-7H3/t20-,25+,26+/m1/s1. The van der Waals surface area contributed by atoms with Crippen molar-refractivity contribution in [1.82, 2.24) is 4.90 Å². The number of ketones is 1. The molecule has 1 heterocycles. The first-order chi connectivity index (χ1) is 17.1. The fourth-order valence-electron chi connectivity index (χ4n) is 5.04. The Labute approximate surface area is 220 Å². The molecule has 3 N–H and O–H groups in total. The molecular weight excluding hydrogens is 468 g/mol. The summed E-state index contributed by atoms with van der Waals surface area (Å²) in [5, 5.41) is 31.0. The number of benzene rings is 2. The molecule has 7 nitrogen and oxygen atoms in total. The van der Waals surface area contributed by atoms with Crippen LogP contribution in [0.2, 0.25) is 0 Å². The quantitative estimate of drug-likeness (QED) is 0.359. The average molecular weight is 509 g/mol. The van der Waals surface area contributed by atoms with Gasteiger partial charge in [0.15, 0.2) is 5.78 Å². The highest BCUT2D eigenvalue weighted by molar-refractivity contribution is 6.01. The van der Waals surface area contributed by atoms with E-state index in [1.54, 1.807) is 29.2 Å². The van der Waals surface area contributed by atoms with Gasteiger partial charge >= 0.3 is 5.97 Å². The van der Waals surface area contributed by atoms with Crippen molar-refractivity contribution in [2.75, 3.05) is 20.2 Å². The summed E-state index contributed by atoms with van der Waals surface area (Å²) in [6, 6.07) is 12.6. The Kier molecular flexibility index (Phi) is 8.18. The van der Waals surface area contributed by atoms with Crippen LogP contribution < -0.4 is 0 Å². The van der Waals surface area contributed by atoms with Gasteiger partial charge < -0.3 is 19.8 Å². The molecule has 200 valence electrons. The average Bonchev–Trinajstić information content (AvgIpc) is 3.11. The third-order valence-corrected chi connectivity index (χ3v) is 7.14. The molecule has 1 aliphatic rings. The maximum atomic E-state index is 13.6. The lowest BCUT2D eigenvalue weighted by atomic mass is 9.78. The number of hydrogen-bond donors (Lipinski definition) is 3. The second kappa shape index (κ2) is 10.7. The fraction of sp³-hybridized carbons (Fsp3) is 0.500. The van der Waals surface area contributed by atoms with Crippen LogP contribution in [0.3, 0.4) is 0 Å². The number of amidine groups is 1. The van der Waals surface area contributed by atoms with E-state index in [-0.39, 0.29) is 53.6 Å². The van der Waals surface area contributed by atoms with Crippen LogP contribution in [0, 0.1) is 17.2 Å². The lowest BCUT2D eigenvalue weighted by Crippen LogP contribution is -2.34. The molecule has 0 radical (unpaired) electrons. The first-order valence-electron chi connectivity index (χ1n) is 12.7. The highest BCUT2D eigenvalue weighted by atomic mass is 16.5. The lowest BCUT2D eigenvalue weighted by Gasteiger charge is -2.28. The van der Waals surface area contributed by atoms with Gasteiger partial charge in [-0.3, -0.25) is 15.0 Å². The zero-order chi connectivity index (χ0) is 27.7. The van der Waals surface area contributed by atoms with Crippen molar-refractivity contribution < 1.29 is 24.5 Å². The number of aliphatic hydroxyl groups is 1. The number of phenolic OH excluding ortho intramolecular Hbond substituents is 1. The largest absolute Gasteiger partial charge is 0.507 e. The third kappa shape index (κ3) is 6.21. The number of aliphatic hydroxyl groups excluding tert-OH is 1. The molecule has 0 spiro atoms. The number of aromatic hydroxyl groups is 1. The summed E-state index contributed by atoms with van der Waals surface area (Å²) in [6.45, 7) is 12.2. The number of methoxy groups -OCH3 is 1. The Hall–Kier alpha value is -3.19. The lowest BCUT2D eigenvalue weighted by molar-refractivity contribution is -0.142. The number of rotatable bonds is 7. The molecule has 3 atom stereocenters. The van der Waals surface area contributed by atoms with E-state index in [1.165, 1.54) is 7.11 Å². The summed E-state index contributed by atoms with van der Waals surface area (Å²) < 4.78 is 4.87. The summed E-state index contributed by atoms with van der Waals surface area (Å²) in [5.74, 6) is -1.30. The van der Waals surface area contributed by atoms with Gasteiger partial charge in [-0.15, -0.1) is 0 Å². The van der Waals surface area contributed by atoms with Crippen LogP contribution in [0.25, 0.3) is 0 Å². The van der Waals surface area contributed by atoms with E-state index in [0.717, 1.165) is 0 Å². The minimum atomic E-state index is -0.989. The van der Waals surface area contributed by atoms with Crippen molar-refractivity contribution in [3.05, 3.63) is 64.7 Å². The van der Waals surface area contributed by atoms with Crippen molar-refractivity contribution in [3.8, 4) is 5.75 Å². The number of ether oxygens (including phenoxy) is 1. The number of likely N-dealkylation sites (tertiary alicyclic amines) is 1. The highest BCUT2D eigenvalue weighted by Gasteiger charge is 2.44. The fourth-order valence-corrected chi connectivity index (χ4v) is 5.04. The Morgan fingerprint density at radius 2 is 1.59 bits per heavy atom. The van der Waals surface area contributed by atoms with Gasteiger partial charge in [-0.1, -0.05) is 71.9 Å². The summed E-state index contributed by atoms with van der Waals surface area (Å²) in [6.07, 6.45) is -0.947. The molecule has 2 aromatic carbocycles. The predicted molar refractivity (Wildman–Crippen MR) is 144 cm³/mol. The number of carbonyl (C=O) groups excluding carboxylic acids is 2. The number of nitrogens with zero attached hydrogens (tertiary/aromatic N) is 1. The summed E-state index contributed by atoms with van der Waals surface area (Å²) in [5.41, 5.74) is 1.76. The molecule has 0 aliphatic carbocycles. The van der Waals surface area contributed by atoms with E-state index in [2.05, 4.69) is 0 Å². The maximum absolute atomic E-state index is 13.6. The van der Waals surface area contributed by atoms with E-state index >= 15 is 0 Å². The van der Waals surface area contributed by atoms with Crippen LogP contribution in [0.1, 0.15) is 81.1 Å². The SMILES string of the molecule is COC(=O)C[C@@H]1CN(CC(=O)c2cc(C(C)(C)C)c(O)c(C(C)(C)C)c2)C(=N)[C@@H]1[C@@H](O)c1ccccc1. The Balaban J connectivity index is 1.94. The molecule has 37 heavy (non-hydrogen) atoms. The number of hydrogen-bond acceptors (Lipinski definition) is 6. The number of carbonyl (C=O) groups is 2. The van der Waals surface area contributed by atoms with Gasteiger partial charge in [0.2, 0.25) is 0 Å². The minimum absolute atomic E-state index is 0.0414. The van der Waals surface area contributed by atoms with Crippen molar-refractivity contribution in [3.63, 3.8) is 0 Å². The monoisotopic (exact) mass is 508 g/mol. The van der Waals surface area contributed by atoms with Crippen LogP contribution in [-0.4, -0.2) is 52.9 Å². The molecule has 1 saturated heterocycles. The number of Topliss-reactive ketones (excluding diaryl/α,β-unsaturated/α-hetero) is 1. The summed E-state index contributed by atoms with van der Waals surface area (Å²) in [7, 11) is 1.32. The third-order valence-electron chi connectivity index (χ3n) is 7.14. The first kappa shape index (κ1) is 28.4. The summed E-state index contributed by atoms with van der Waals surface area (Å²) in [4.78, 5) is 27.4. The predicted octanol–water partition coefficient (Wildman–Crippen LogP) is 4.99. The van der Waals surface area contributed by atoms with Gasteiger partial charge in [-0.25, -0.2) is 0 Å². The van der Waals surface area contributed by atoms with Gasteiger partial charge in [-0.05, 0) is 34.4 Å². The van der Waals surface area contributed by atoms with E-state index in [1.807, 2.05) is 59.7 Å². The minimum Gasteiger partial charge on any atom is -0.507 e. The van der Waals surface area contributed by atoms with E-state index in [0.29, 0.717) is 22.3 Å². The number of esters is 1. The van der Waals surface area contributed by atoms with Crippen molar-refractivity contribution in [2.45, 2.75) is 64.9 Å². The van der Waals surface area contributed by atoms with Crippen molar-refractivity contribution >= 4 is 17.6 Å². The van der Waals surface area contributed by atoms with E-state index in [4.69, 9.17) is 10.1 Å². The van der Waals surface area contributed by atoms with Crippen LogP contribution in [0.15, 0.2) is 42.5 Å². The molecule has 0 amide bonds. The Morgan fingerprint density at radius 3 is 2.08 bits per heavy atom. The zero-order valence-electron chi connectivity index (χ0n) is 23.0. The topological polar surface area (TPSA) is 111 Å². The van der Waals surface area contributed by atoms with Gasteiger partial charge in [0, 0.05) is 23.2 Å². The van der Waals surface area contributed by atoms with Gasteiger partial charge in [0.1, 0.15) is 11.6 Å². The highest BCUT2D eigenvalue weighted by Crippen LogP contribution is 2.41. The molecule has 7 heteroatoms. The number of phenols is 1. The van der Waals surface area contributed by atoms with Crippen LogP contribution >= 0.6 is 0 Å². The second-order valence-electron chi connectivity index (χ2n) is 12.0. The molecular formula is C30H40N2O5. The van der Waals surface area contributed by atoms with E-state index in [9.17, 15) is 19.8 Å². The molecule has 0 saturated carbocycles. The molecule has 3 rings (SSSR count). The van der Waals surface area contributed by atoms with Crippen LogP contribution in [-0.2, 0) is 20.4 Å². The van der Waals surface area contributed by atoms with Crippen molar-refractivity contribution in [2.24, 2.45) is 11.8 Å². The molecule has 0 bridgehead atoms. The smallest absolute Gasteiger partial charge is 0.305 e. The normalized spacial score (nSPS) is 19.1. The molecule has 0 unspecified atom stereocenters. The molecule has 0 aromatic heterocycles.